The van der Waals surface area contributed by atoms with Crippen LogP contribution in [0.1, 0.15) is 0 Å². The lowest BCUT2D eigenvalue weighted by Gasteiger charge is -2.05. The summed E-state index contributed by atoms with van der Waals surface area (Å²) in [5.74, 6) is 0. The second-order valence-corrected chi connectivity index (χ2v) is 5.99. The maximum absolute atomic E-state index is 5.77. The summed E-state index contributed by atoms with van der Waals surface area (Å²) in [6.45, 7) is 0. The molecule has 0 aliphatic rings. The summed E-state index contributed by atoms with van der Waals surface area (Å²) in [4.78, 5) is 9.74. The van der Waals surface area contributed by atoms with Crippen molar-refractivity contribution in [2.75, 3.05) is 5.73 Å². The van der Waals surface area contributed by atoms with Gasteiger partial charge in [-0.1, -0.05) is 27.7 Å². The van der Waals surface area contributed by atoms with Crippen LogP contribution in [0, 0.1) is 0 Å². The van der Waals surface area contributed by atoms with Crippen LogP contribution in [-0.2, 0) is 0 Å². The van der Waals surface area contributed by atoms with Crippen molar-refractivity contribution in [1.29, 1.82) is 0 Å². The van der Waals surface area contributed by atoms with Crippen LogP contribution in [0.15, 0.2) is 63.2 Å². The van der Waals surface area contributed by atoms with Crippen LogP contribution >= 0.6 is 27.7 Å². The van der Waals surface area contributed by atoms with Crippen LogP contribution in [-0.4, -0.2) is 9.97 Å². The number of nitrogens with zero attached hydrogens (tertiary/aromatic N) is 2. The Morgan fingerprint density at radius 2 is 1.79 bits per heavy atom. The quantitative estimate of drug-likeness (QED) is 0.566. The SMILES string of the molecule is Nc1ccc2c(Sc3ccc(Br)cc3)ncnc2c1. The molecule has 2 aromatic carbocycles. The van der Waals surface area contributed by atoms with Crippen LogP contribution in [0.4, 0.5) is 5.69 Å². The lowest BCUT2D eigenvalue weighted by atomic mass is 10.2. The molecule has 3 rings (SSSR count). The largest absolute Gasteiger partial charge is 0.399 e. The lowest BCUT2D eigenvalue weighted by Crippen LogP contribution is -1.89. The number of hydrogen-bond donors (Lipinski definition) is 1. The summed E-state index contributed by atoms with van der Waals surface area (Å²) in [5.41, 5.74) is 7.35. The molecule has 0 radical (unpaired) electrons. The van der Waals surface area contributed by atoms with Crippen molar-refractivity contribution < 1.29 is 0 Å². The molecule has 19 heavy (non-hydrogen) atoms. The summed E-state index contributed by atoms with van der Waals surface area (Å²) < 4.78 is 1.07. The minimum absolute atomic E-state index is 0.714. The third kappa shape index (κ3) is 2.72. The monoisotopic (exact) mass is 331 g/mol. The maximum atomic E-state index is 5.77. The van der Waals surface area contributed by atoms with Crippen LogP contribution < -0.4 is 5.73 Å². The zero-order valence-electron chi connectivity index (χ0n) is 9.88. The van der Waals surface area contributed by atoms with Gasteiger partial charge in [-0.2, -0.15) is 0 Å². The Balaban J connectivity index is 2.03. The van der Waals surface area contributed by atoms with Gasteiger partial charge < -0.3 is 5.73 Å². The summed E-state index contributed by atoms with van der Waals surface area (Å²) in [5, 5.41) is 1.96. The molecule has 0 saturated heterocycles. The van der Waals surface area contributed by atoms with E-state index in [4.69, 9.17) is 5.73 Å². The fourth-order valence-electron chi connectivity index (χ4n) is 1.74. The summed E-state index contributed by atoms with van der Waals surface area (Å²) in [7, 11) is 0. The molecule has 0 atom stereocenters. The van der Waals surface area contributed by atoms with E-state index < -0.39 is 0 Å². The van der Waals surface area contributed by atoms with E-state index in [0.29, 0.717) is 5.69 Å². The smallest absolute Gasteiger partial charge is 0.117 e. The topological polar surface area (TPSA) is 51.8 Å². The molecule has 1 aromatic heterocycles. The van der Waals surface area contributed by atoms with Crippen molar-refractivity contribution in [3.8, 4) is 0 Å². The van der Waals surface area contributed by atoms with Gasteiger partial charge in [-0.05, 0) is 42.5 Å². The Kier molecular flexibility index (Phi) is 3.40. The lowest BCUT2D eigenvalue weighted by molar-refractivity contribution is 1.10. The molecule has 0 amide bonds. The first-order chi connectivity index (χ1) is 9.22. The Morgan fingerprint density at radius 3 is 2.58 bits per heavy atom. The van der Waals surface area contributed by atoms with E-state index in [9.17, 15) is 0 Å². The van der Waals surface area contributed by atoms with Crippen molar-refractivity contribution in [3.05, 3.63) is 53.3 Å². The normalized spacial score (nSPS) is 10.8. The van der Waals surface area contributed by atoms with Gasteiger partial charge >= 0.3 is 0 Å². The van der Waals surface area contributed by atoms with E-state index in [0.717, 1.165) is 25.3 Å². The van der Waals surface area contributed by atoms with Crippen molar-refractivity contribution >= 4 is 44.3 Å². The second kappa shape index (κ2) is 5.19. The van der Waals surface area contributed by atoms with E-state index in [1.807, 2.05) is 30.3 Å². The minimum Gasteiger partial charge on any atom is -0.399 e. The summed E-state index contributed by atoms with van der Waals surface area (Å²) >= 11 is 5.05. The molecule has 1 heterocycles. The molecule has 0 aliphatic carbocycles. The van der Waals surface area contributed by atoms with Gasteiger partial charge in [0.15, 0.2) is 0 Å². The van der Waals surface area contributed by atoms with Crippen LogP contribution in [0.3, 0.4) is 0 Å². The molecule has 0 spiro atoms. The van der Waals surface area contributed by atoms with Gasteiger partial charge in [0.05, 0.1) is 5.52 Å². The first-order valence-electron chi connectivity index (χ1n) is 5.66. The molecule has 0 unspecified atom stereocenters. The fraction of sp³-hybridized carbons (Fsp3) is 0. The van der Waals surface area contributed by atoms with E-state index in [1.54, 1.807) is 18.1 Å². The highest BCUT2D eigenvalue weighted by Gasteiger charge is 2.06. The number of anilines is 1. The number of rotatable bonds is 2. The number of aromatic nitrogens is 2. The number of hydrogen-bond acceptors (Lipinski definition) is 4. The number of fused-ring (bicyclic) bond motifs is 1. The molecule has 0 fully saturated rings. The molecular weight excluding hydrogens is 322 g/mol. The first kappa shape index (κ1) is 12.4. The molecule has 2 N–H and O–H groups in total. The predicted octanol–water partition coefficient (Wildman–Crippen LogP) is 4.13. The zero-order valence-corrected chi connectivity index (χ0v) is 12.3. The molecular formula is C14H10BrN3S. The van der Waals surface area contributed by atoms with Crippen molar-refractivity contribution in [3.63, 3.8) is 0 Å². The Bertz CT molecular complexity index is 728. The fourth-order valence-corrected chi connectivity index (χ4v) is 2.89. The predicted molar refractivity (Wildman–Crippen MR) is 82.2 cm³/mol. The third-order valence-electron chi connectivity index (χ3n) is 2.65. The Labute approximate surface area is 123 Å². The van der Waals surface area contributed by atoms with Crippen molar-refractivity contribution in [2.24, 2.45) is 0 Å². The molecule has 3 nitrogen and oxygen atoms in total. The Hall–Kier alpha value is -1.59. The van der Waals surface area contributed by atoms with Crippen LogP contribution in [0.5, 0.6) is 0 Å². The van der Waals surface area contributed by atoms with Crippen molar-refractivity contribution in [2.45, 2.75) is 9.92 Å². The standard InChI is InChI=1S/C14H10BrN3S/c15-9-1-4-11(5-2-9)19-14-12-6-3-10(16)7-13(12)17-8-18-14/h1-8H,16H2. The number of benzene rings is 2. The summed E-state index contributed by atoms with van der Waals surface area (Å²) in [6.07, 6.45) is 1.57. The number of nitrogen functional groups attached to an aromatic ring is 1. The van der Waals surface area contributed by atoms with Crippen molar-refractivity contribution in [1.82, 2.24) is 9.97 Å². The van der Waals surface area contributed by atoms with E-state index >= 15 is 0 Å². The average Bonchev–Trinajstić information content (AvgIpc) is 2.41. The van der Waals surface area contributed by atoms with E-state index in [1.165, 1.54) is 0 Å². The summed E-state index contributed by atoms with van der Waals surface area (Å²) in [6, 6.07) is 13.8. The van der Waals surface area contributed by atoms with Crippen LogP contribution in [0.2, 0.25) is 0 Å². The van der Waals surface area contributed by atoms with E-state index in [2.05, 4.69) is 38.0 Å². The number of nitrogens with two attached hydrogens (primary N) is 1. The van der Waals surface area contributed by atoms with Crippen LogP contribution in [0.25, 0.3) is 10.9 Å². The van der Waals surface area contributed by atoms with E-state index in [-0.39, 0.29) is 0 Å². The van der Waals surface area contributed by atoms with Gasteiger partial charge in [0.1, 0.15) is 11.4 Å². The van der Waals surface area contributed by atoms with Gasteiger partial charge in [0.25, 0.3) is 0 Å². The third-order valence-corrected chi connectivity index (χ3v) is 4.21. The molecule has 3 aromatic rings. The molecule has 0 bridgehead atoms. The highest BCUT2D eigenvalue weighted by Crippen LogP contribution is 2.32. The number of halogens is 1. The van der Waals surface area contributed by atoms with Gasteiger partial charge in [-0.15, -0.1) is 0 Å². The minimum atomic E-state index is 0.714. The second-order valence-electron chi connectivity index (χ2n) is 4.01. The first-order valence-corrected chi connectivity index (χ1v) is 7.27. The van der Waals surface area contributed by atoms with Gasteiger partial charge in [-0.25, -0.2) is 9.97 Å². The zero-order chi connectivity index (χ0) is 13.2. The highest BCUT2D eigenvalue weighted by molar-refractivity contribution is 9.10. The molecule has 0 aliphatic heterocycles. The maximum Gasteiger partial charge on any atom is 0.117 e. The highest BCUT2D eigenvalue weighted by atomic mass is 79.9. The van der Waals surface area contributed by atoms with Gasteiger partial charge in [-0.3, -0.25) is 0 Å². The molecule has 94 valence electrons. The van der Waals surface area contributed by atoms with Gasteiger partial charge in [0, 0.05) is 20.4 Å². The molecule has 5 heteroatoms. The van der Waals surface area contributed by atoms with Gasteiger partial charge in [0.2, 0.25) is 0 Å². The molecule has 0 saturated carbocycles. The Morgan fingerprint density at radius 1 is 1.00 bits per heavy atom. The average molecular weight is 332 g/mol.